The van der Waals surface area contributed by atoms with E-state index in [1.807, 2.05) is 4.98 Å². The first-order valence-corrected chi connectivity index (χ1v) is 9.90. The van der Waals surface area contributed by atoms with E-state index in [1.165, 1.54) is 0 Å². The maximum absolute atomic E-state index is 12.0. The SMILES string of the molecule is O=C(CO/N=C/c1cc([N+](=O)[O-])cc([N+](=O)[O-])c1O)NC[C@H]1O[C@@H](n2ccc(=O)[nH]c2=O)[C@H](O)[C@@H]1O. The van der Waals surface area contributed by atoms with Crippen molar-refractivity contribution in [3.05, 3.63) is 71.0 Å². The number of ether oxygens (including phenoxy) is 1. The Morgan fingerprint density at radius 1 is 1.25 bits per heavy atom. The van der Waals surface area contributed by atoms with Gasteiger partial charge in [-0.25, -0.2) is 4.79 Å². The normalized spacial score (nSPS) is 21.4. The van der Waals surface area contributed by atoms with Crippen LogP contribution in [-0.2, 0) is 14.4 Å². The van der Waals surface area contributed by atoms with Crippen LogP contribution in [0, 0.1) is 20.2 Å². The van der Waals surface area contributed by atoms with Crippen LogP contribution in [0.4, 0.5) is 11.4 Å². The van der Waals surface area contributed by atoms with Gasteiger partial charge < -0.3 is 30.2 Å². The van der Waals surface area contributed by atoms with Gasteiger partial charge in [-0.2, -0.15) is 0 Å². The molecule has 0 radical (unpaired) electrons. The van der Waals surface area contributed by atoms with E-state index in [1.54, 1.807) is 0 Å². The van der Waals surface area contributed by atoms with E-state index in [2.05, 4.69) is 10.5 Å². The number of nitrogens with one attached hydrogen (secondary N) is 2. The Kier molecular flexibility index (Phi) is 7.72. The number of aromatic nitrogens is 2. The molecule has 36 heavy (non-hydrogen) atoms. The summed E-state index contributed by atoms with van der Waals surface area (Å²) >= 11 is 0. The highest BCUT2D eigenvalue weighted by Gasteiger charge is 2.44. The Morgan fingerprint density at radius 2 is 1.97 bits per heavy atom. The molecule has 192 valence electrons. The van der Waals surface area contributed by atoms with Crippen molar-refractivity contribution in [3.8, 4) is 5.75 Å². The summed E-state index contributed by atoms with van der Waals surface area (Å²) in [4.78, 5) is 61.6. The lowest BCUT2D eigenvalue weighted by Gasteiger charge is -2.16. The van der Waals surface area contributed by atoms with Crippen molar-refractivity contribution in [2.24, 2.45) is 5.16 Å². The maximum Gasteiger partial charge on any atom is 0.330 e. The molecule has 18 nitrogen and oxygen atoms in total. The third-order valence-electron chi connectivity index (χ3n) is 4.94. The number of aliphatic hydroxyl groups is 2. The molecular weight excluding hydrogens is 492 g/mol. The number of non-ortho nitro benzene ring substituents is 1. The molecule has 0 aliphatic carbocycles. The molecule has 1 aliphatic rings. The van der Waals surface area contributed by atoms with Crippen LogP contribution in [0.15, 0.2) is 39.1 Å². The molecule has 0 spiro atoms. The lowest BCUT2D eigenvalue weighted by molar-refractivity contribution is -0.394. The Bertz CT molecular complexity index is 1320. The first kappa shape index (κ1) is 25.9. The molecule has 4 atom stereocenters. The number of rotatable bonds is 9. The number of H-pyrrole nitrogens is 1. The van der Waals surface area contributed by atoms with Gasteiger partial charge in [-0.1, -0.05) is 5.16 Å². The van der Waals surface area contributed by atoms with Crippen LogP contribution in [0.2, 0.25) is 0 Å². The van der Waals surface area contributed by atoms with Crippen molar-refractivity contribution in [2.45, 2.75) is 24.5 Å². The molecule has 0 unspecified atom stereocenters. The lowest BCUT2D eigenvalue weighted by Crippen LogP contribution is -2.41. The number of aromatic amines is 1. The van der Waals surface area contributed by atoms with Gasteiger partial charge in [0.2, 0.25) is 5.75 Å². The van der Waals surface area contributed by atoms with Gasteiger partial charge in [-0.05, 0) is 0 Å². The average molecular weight is 510 g/mol. The van der Waals surface area contributed by atoms with Gasteiger partial charge in [-0.15, -0.1) is 0 Å². The Labute approximate surface area is 198 Å². The minimum Gasteiger partial charge on any atom is -0.502 e. The predicted octanol–water partition coefficient (Wildman–Crippen LogP) is -2.16. The number of carbonyl (C=O) groups is 1. The van der Waals surface area contributed by atoms with Crippen LogP contribution < -0.4 is 16.6 Å². The second-order valence-corrected chi connectivity index (χ2v) is 7.29. The number of phenols is 1. The quantitative estimate of drug-likeness (QED) is 0.137. The number of hydrogen-bond donors (Lipinski definition) is 5. The maximum atomic E-state index is 12.0. The summed E-state index contributed by atoms with van der Waals surface area (Å²) in [6.07, 6.45) is -3.72. The molecule has 1 aromatic heterocycles. The summed E-state index contributed by atoms with van der Waals surface area (Å²) in [6.45, 7) is -1.03. The molecule has 0 saturated carbocycles. The molecule has 2 aromatic rings. The molecular formula is C18H18N6O12. The molecule has 1 fully saturated rings. The van der Waals surface area contributed by atoms with Gasteiger partial charge in [0.1, 0.15) is 18.3 Å². The molecule has 1 aliphatic heterocycles. The molecule has 5 N–H and O–H groups in total. The monoisotopic (exact) mass is 510 g/mol. The fraction of sp³-hybridized carbons (Fsp3) is 0.333. The van der Waals surface area contributed by atoms with Crippen molar-refractivity contribution >= 4 is 23.5 Å². The fourth-order valence-corrected chi connectivity index (χ4v) is 3.18. The van der Waals surface area contributed by atoms with Crippen molar-refractivity contribution in [1.29, 1.82) is 0 Å². The summed E-state index contributed by atoms with van der Waals surface area (Å²) in [7, 11) is 0. The smallest absolute Gasteiger partial charge is 0.330 e. The Hall–Kier alpha value is -4.68. The number of oxime groups is 1. The third kappa shape index (κ3) is 5.68. The number of amides is 1. The van der Waals surface area contributed by atoms with Crippen LogP contribution in [0.5, 0.6) is 5.75 Å². The van der Waals surface area contributed by atoms with E-state index in [-0.39, 0.29) is 6.54 Å². The highest BCUT2D eigenvalue weighted by molar-refractivity contribution is 5.87. The average Bonchev–Trinajstić information content (AvgIpc) is 3.09. The summed E-state index contributed by atoms with van der Waals surface area (Å²) in [5.74, 6) is -1.68. The van der Waals surface area contributed by atoms with Gasteiger partial charge in [0.05, 0.1) is 27.7 Å². The zero-order valence-corrected chi connectivity index (χ0v) is 17.9. The number of phenolic OH excluding ortho intramolecular Hbond substituents is 1. The van der Waals surface area contributed by atoms with Crippen molar-refractivity contribution in [3.63, 3.8) is 0 Å². The minimum absolute atomic E-state index is 0.323. The van der Waals surface area contributed by atoms with Crippen LogP contribution in [0.3, 0.4) is 0 Å². The Morgan fingerprint density at radius 3 is 2.61 bits per heavy atom. The first-order chi connectivity index (χ1) is 17.0. The van der Waals surface area contributed by atoms with Gasteiger partial charge in [-0.3, -0.25) is 39.4 Å². The second kappa shape index (κ2) is 10.7. The highest BCUT2D eigenvalue weighted by Crippen LogP contribution is 2.33. The predicted molar refractivity (Wildman–Crippen MR) is 115 cm³/mol. The summed E-state index contributed by atoms with van der Waals surface area (Å²) in [5, 5.41) is 57.7. The van der Waals surface area contributed by atoms with E-state index in [9.17, 15) is 49.9 Å². The molecule has 3 rings (SSSR count). The number of carbonyl (C=O) groups excluding carboxylic acids is 1. The van der Waals surface area contributed by atoms with Gasteiger partial charge in [0.25, 0.3) is 17.2 Å². The number of nitrogens with zero attached hydrogens (tertiary/aromatic N) is 4. The third-order valence-corrected chi connectivity index (χ3v) is 4.94. The first-order valence-electron chi connectivity index (χ1n) is 9.90. The van der Waals surface area contributed by atoms with E-state index >= 15 is 0 Å². The minimum atomic E-state index is -1.55. The number of aromatic hydroxyl groups is 1. The number of nitro benzene ring substituents is 2. The molecule has 1 amide bonds. The van der Waals surface area contributed by atoms with Crippen molar-refractivity contribution in [1.82, 2.24) is 14.9 Å². The van der Waals surface area contributed by atoms with Crippen LogP contribution in [0.25, 0.3) is 0 Å². The molecule has 1 aromatic carbocycles. The largest absolute Gasteiger partial charge is 0.502 e. The van der Waals surface area contributed by atoms with Gasteiger partial charge >= 0.3 is 11.4 Å². The van der Waals surface area contributed by atoms with Gasteiger partial charge in [0.15, 0.2) is 12.8 Å². The number of benzene rings is 1. The fourth-order valence-electron chi connectivity index (χ4n) is 3.18. The summed E-state index contributed by atoms with van der Waals surface area (Å²) in [5.41, 5.74) is -3.57. The second-order valence-electron chi connectivity index (χ2n) is 7.29. The van der Waals surface area contributed by atoms with Crippen molar-refractivity contribution < 1.29 is 39.5 Å². The Balaban J connectivity index is 1.55. The number of aliphatic hydroxyl groups excluding tert-OH is 2. The number of nitro groups is 2. The summed E-state index contributed by atoms with van der Waals surface area (Å²) < 4.78 is 6.28. The molecule has 18 heteroatoms. The topological polar surface area (TPSA) is 262 Å². The molecule has 0 bridgehead atoms. The highest BCUT2D eigenvalue weighted by atomic mass is 16.6. The lowest BCUT2D eigenvalue weighted by atomic mass is 10.1. The van der Waals surface area contributed by atoms with E-state index in [4.69, 9.17) is 9.57 Å². The van der Waals surface area contributed by atoms with Crippen molar-refractivity contribution in [2.75, 3.05) is 13.2 Å². The summed E-state index contributed by atoms with van der Waals surface area (Å²) in [6, 6.07) is 2.39. The zero-order valence-electron chi connectivity index (χ0n) is 17.9. The van der Waals surface area contributed by atoms with Gasteiger partial charge in [0, 0.05) is 24.9 Å². The van der Waals surface area contributed by atoms with Crippen LogP contribution in [0.1, 0.15) is 11.8 Å². The zero-order chi connectivity index (χ0) is 26.6. The van der Waals surface area contributed by atoms with E-state index in [0.717, 1.165) is 29.1 Å². The number of hydrogen-bond acceptors (Lipinski definition) is 13. The van der Waals surface area contributed by atoms with Crippen LogP contribution >= 0.6 is 0 Å². The van der Waals surface area contributed by atoms with E-state index in [0.29, 0.717) is 6.07 Å². The standard InChI is InChI=1S/C18H18N6O12/c25-12-1-2-22(18(30)21-12)17-16(29)15(28)11(36-17)6-19-13(26)7-35-20-5-8-3-9(23(31)32)4-10(14(8)27)24(33)34/h1-5,11,15-17,27-29H,6-7H2,(H,19,26)(H,21,25,30)/b20-5+/t11-,15-,16-,17-/m1/s1. The molecule has 1 saturated heterocycles. The van der Waals surface area contributed by atoms with E-state index < -0.39 is 80.8 Å². The van der Waals surface area contributed by atoms with Crippen LogP contribution in [-0.4, -0.2) is 78.3 Å². The molecule has 2 heterocycles.